The van der Waals surface area contributed by atoms with Gasteiger partial charge in [0.1, 0.15) is 5.82 Å². The predicted octanol–water partition coefficient (Wildman–Crippen LogP) is 3.55. The molecule has 6 nitrogen and oxygen atoms in total. The zero-order chi connectivity index (χ0) is 19.8. The van der Waals surface area contributed by atoms with Gasteiger partial charge in [0.05, 0.1) is 17.9 Å². The van der Waals surface area contributed by atoms with Crippen molar-refractivity contribution in [2.24, 2.45) is 4.99 Å². The van der Waals surface area contributed by atoms with E-state index in [4.69, 9.17) is 11.6 Å². The van der Waals surface area contributed by atoms with Crippen molar-refractivity contribution >= 4 is 23.2 Å². The first-order valence-corrected chi connectivity index (χ1v) is 9.18. The van der Waals surface area contributed by atoms with Crippen LogP contribution in [0.2, 0.25) is 5.02 Å². The highest BCUT2D eigenvalue weighted by Crippen LogP contribution is 2.27. The van der Waals surface area contributed by atoms with Crippen LogP contribution in [0.1, 0.15) is 41.4 Å². The Morgan fingerprint density at radius 1 is 1.21 bits per heavy atom. The maximum Gasteiger partial charge on any atom is 0.291 e. The van der Waals surface area contributed by atoms with Crippen LogP contribution in [0.5, 0.6) is 0 Å². The number of hydrogen-bond donors (Lipinski definition) is 1. The van der Waals surface area contributed by atoms with Crippen molar-refractivity contribution in [2.75, 3.05) is 0 Å². The Hall–Kier alpha value is -3.06. The molecule has 3 aromatic rings. The third kappa shape index (κ3) is 3.29. The Bertz CT molecular complexity index is 1110. The minimum absolute atomic E-state index is 0.0346. The first-order chi connectivity index (χ1) is 13.4. The molecule has 1 aromatic heterocycles. The molecule has 1 aliphatic rings. The van der Waals surface area contributed by atoms with Gasteiger partial charge in [0.2, 0.25) is 5.82 Å². The summed E-state index contributed by atoms with van der Waals surface area (Å²) in [4.78, 5) is 21.2. The molecule has 142 valence electrons. The van der Waals surface area contributed by atoms with Gasteiger partial charge in [-0.1, -0.05) is 23.7 Å². The van der Waals surface area contributed by atoms with Crippen LogP contribution in [0.25, 0.3) is 5.69 Å². The van der Waals surface area contributed by atoms with Crippen molar-refractivity contribution in [1.29, 1.82) is 0 Å². The molecule has 0 atom stereocenters. The van der Waals surface area contributed by atoms with E-state index in [2.05, 4.69) is 20.4 Å². The summed E-state index contributed by atoms with van der Waals surface area (Å²) in [6.45, 7) is 3.88. The van der Waals surface area contributed by atoms with E-state index in [0.29, 0.717) is 33.4 Å². The Morgan fingerprint density at radius 2 is 2.00 bits per heavy atom. The summed E-state index contributed by atoms with van der Waals surface area (Å²) in [5.74, 6) is -0.181. The predicted molar refractivity (Wildman–Crippen MR) is 105 cm³/mol. The summed E-state index contributed by atoms with van der Waals surface area (Å²) in [6, 6.07) is 11.6. The number of aliphatic imine (C=N–C) groups is 1. The molecule has 2 heterocycles. The number of rotatable bonds is 3. The molecule has 28 heavy (non-hydrogen) atoms. The summed E-state index contributed by atoms with van der Waals surface area (Å²) in [7, 11) is 0. The molecule has 1 amide bonds. The van der Waals surface area contributed by atoms with Crippen molar-refractivity contribution in [3.63, 3.8) is 0 Å². The molecule has 0 radical (unpaired) electrons. The number of fused-ring (bicyclic) bond motifs is 3. The average molecular weight is 398 g/mol. The first kappa shape index (κ1) is 18.3. The minimum atomic E-state index is -0.378. The van der Waals surface area contributed by atoms with Crippen LogP contribution in [0.3, 0.4) is 0 Å². The highest BCUT2D eigenvalue weighted by atomic mass is 35.5. The second kappa shape index (κ2) is 7.16. The highest BCUT2D eigenvalue weighted by Gasteiger charge is 2.25. The van der Waals surface area contributed by atoms with Gasteiger partial charge in [0, 0.05) is 22.2 Å². The quantitative estimate of drug-likeness (QED) is 0.734. The summed E-state index contributed by atoms with van der Waals surface area (Å²) in [6.07, 6.45) is 0. The fraction of sp³-hybridized carbons (Fsp3) is 0.200. The number of hydrogen-bond acceptors (Lipinski definition) is 4. The second-order valence-corrected chi connectivity index (χ2v) is 7.13. The molecule has 0 unspecified atom stereocenters. The van der Waals surface area contributed by atoms with Gasteiger partial charge < -0.3 is 5.32 Å². The first-order valence-electron chi connectivity index (χ1n) is 8.80. The van der Waals surface area contributed by atoms with Crippen LogP contribution in [0, 0.1) is 5.82 Å². The Morgan fingerprint density at radius 3 is 2.75 bits per heavy atom. The van der Waals surface area contributed by atoms with E-state index in [1.807, 2.05) is 13.8 Å². The maximum atomic E-state index is 14.4. The number of amides is 1. The smallest absolute Gasteiger partial charge is 0.291 e. The fourth-order valence-corrected chi connectivity index (χ4v) is 3.24. The standard InChI is InChI=1S/C20H17ClFN5O/c1-11(2)24-20(28)19-25-17-10-23-18(13-5-3-4-6-15(13)22)14-9-12(21)7-8-16(14)27(17)26-19/h3-9,11H,10H2,1-2H3,(H,24,28). The van der Waals surface area contributed by atoms with Gasteiger partial charge in [0.25, 0.3) is 5.91 Å². The molecule has 0 bridgehead atoms. The van der Waals surface area contributed by atoms with Crippen LogP contribution < -0.4 is 5.32 Å². The number of aromatic nitrogens is 3. The van der Waals surface area contributed by atoms with E-state index in [-0.39, 0.29) is 30.1 Å². The molecule has 0 spiro atoms. The fourth-order valence-electron chi connectivity index (χ4n) is 3.06. The molecule has 0 saturated carbocycles. The van der Waals surface area contributed by atoms with E-state index in [1.54, 1.807) is 41.1 Å². The maximum absolute atomic E-state index is 14.4. The van der Waals surface area contributed by atoms with E-state index < -0.39 is 0 Å². The summed E-state index contributed by atoms with van der Waals surface area (Å²) in [5.41, 5.74) is 2.10. The second-order valence-electron chi connectivity index (χ2n) is 6.70. The van der Waals surface area contributed by atoms with Gasteiger partial charge in [-0.2, -0.15) is 0 Å². The van der Waals surface area contributed by atoms with Crippen LogP contribution in [0.15, 0.2) is 47.5 Å². The van der Waals surface area contributed by atoms with Gasteiger partial charge in [-0.15, -0.1) is 5.10 Å². The van der Waals surface area contributed by atoms with Gasteiger partial charge in [0.15, 0.2) is 5.82 Å². The summed E-state index contributed by atoms with van der Waals surface area (Å²) in [5, 5.41) is 7.63. The number of benzene rings is 2. The van der Waals surface area contributed by atoms with Gasteiger partial charge >= 0.3 is 0 Å². The zero-order valence-electron chi connectivity index (χ0n) is 15.3. The zero-order valence-corrected chi connectivity index (χ0v) is 16.0. The largest absolute Gasteiger partial charge is 0.347 e. The Kier molecular flexibility index (Phi) is 4.68. The number of nitrogens with one attached hydrogen (secondary N) is 1. The Labute approximate surface area is 166 Å². The molecule has 4 rings (SSSR count). The van der Waals surface area contributed by atoms with Crippen molar-refractivity contribution in [3.8, 4) is 5.69 Å². The molecule has 0 saturated heterocycles. The van der Waals surface area contributed by atoms with Crippen LogP contribution in [0.4, 0.5) is 4.39 Å². The summed E-state index contributed by atoms with van der Waals surface area (Å²) >= 11 is 6.20. The summed E-state index contributed by atoms with van der Waals surface area (Å²) < 4.78 is 16.0. The lowest BCUT2D eigenvalue weighted by Gasteiger charge is -2.12. The third-order valence-electron chi connectivity index (χ3n) is 4.25. The molecule has 0 aliphatic carbocycles. The van der Waals surface area contributed by atoms with E-state index in [0.717, 1.165) is 0 Å². The van der Waals surface area contributed by atoms with Crippen molar-refractivity contribution in [2.45, 2.75) is 26.4 Å². The third-order valence-corrected chi connectivity index (χ3v) is 4.48. The molecule has 1 aliphatic heterocycles. The topological polar surface area (TPSA) is 72.2 Å². The highest BCUT2D eigenvalue weighted by molar-refractivity contribution is 6.31. The van der Waals surface area contributed by atoms with Crippen LogP contribution in [-0.2, 0) is 6.54 Å². The Balaban J connectivity index is 1.87. The van der Waals surface area contributed by atoms with E-state index in [9.17, 15) is 9.18 Å². The molecule has 1 N–H and O–H groups in total. The van der Waals surface area contributed by atoms with E-state index in [1.165, 1.54) is 6.07 Å². The lowest BCUT2D eigenvalue weighted by Crippen LogP contribution is -2.31. The van der Waals surface area contributed by atoms with Gasteiger partial charge in [-0.3, -0.25) is 9.79 Å². The normalized spacial score (nSPS) is 12.8. The monoisotopic (exact) mass is 397 g/mol. The van der Waals surface area contributed by atoms with Gasteiger partial charge in [-0.05, 0) is 44.2 Å². The molecular formula is C20H17ClFN5O. The van der Waals surface area contributed by atoms with Crippen LogP contribution >= 0.6 is 11.6 Å². The average Bonchev–Trinajstić information content (AvgIpc) is 3.01. The molecule has 0 fully saturated rings. The van der Waals surface area contributed by atoms with Crippen molar-refractivity contribution < 1.29 is 9.18 Å². The SMILES string of the molecule is CC(C)NC(=O)c1nc2n(n1)-c1ccc(Cl)cc1C(c1ccccc1F)=NC2. The van der Waals surface area contributed by atoms with Gasteiger partial charge in [-0.25, -0.2) is 14.1 Å². The number of carbonyl (C=O) groups is 1. The van der Waals surface area contributed by atoms with Crippen molar-refractivity contribution in [1.82, 2.24) is 20.1 Å². The van der Waals surface area contributed by atoms with Crippen LogP contribution in [-0.4, -0.2) is 32.4 Å². The molecule has 2 aromatic carbocycles. The number of nitrogens with zero attached hydrogens (tertiary/aromatic N) is 4. The lowest BCUT2D eigenvalue weighted by molar-refractivity contribution is 0.0932. The number of halogens is 2. The minimum Gasteiger partial charge on any atom is -0.347 e. The lowest BCUT2D eigenvalue weighted by atomic mass is 10.00. The number of carbonyl (C=O) groups excluding carboxylic acids is 1. The molecular weight excluding hydrogens is 381 g/mol. The van der Waals surface area contributed by atoms with E-state index >= 15 is 0 Å². The van der Waals surface area contributed by atoms with Crippen molar-refractivity contribution in [3.05, 3.63) is 76.1 Å². The molecule has 8 heteroatoms.